The van der Waals surface area contributed by atoms with E-state index in [4.69, 9.17) is 0 Å². The van der Waals surface area contributed by atoms with Gasteiger partial charge in [-0.05, 0) is 31.5 Å². The third-order valence-corrected chi connectivity index (χ3v) is 3.21. The molecular weight excluding hydrogens is 264 g/mol. The second-order valence-electron chi connectivity index (χ2n) is 4.76. The molecule has 0 atom stereocenters. The highest BCUT2D eigenvalue weighted by Crippen LogP contribution is 2.04. The lowest BCUT2D eigenvalue weighted by molar-refractivity contribution is 0.684. The highest BCUT2D eigenvalue weighted by Gasteiger charge is 2.02. The molecule has 0 unspecified atom stereocenters. The van der Waals surface area contributed by atoms with E-state index in [1.165, 1.54) is 0 Å². The summed E-state index contributed by atoms with van der Waals surface area (Å²) in [5.74, 6) is 0.781. The van der Waals surface area contributed by atoms with Crippen molar-refractivity contribution in [2.24, 2.45) is 12.0 Å². The molecule has 0 saturated heterocycles. The van der Waals surface area contributed by atoms with Crippen molar-refractivity contribution >= 4 is 5.96 Å². The summed E-state index contributed by atoms with van der Waals surface area (Å²) >= 11 is 0. The van der Waals surface area contributed by atoms with Crippen molar-refractivity contribution in [3.05, 3.63) is 47.5 Å². The zero-order valence-electron chi connectivity index (χ0n) is 12.8. The average Bonchev–Trinajstić information content (AvgIpc) is 2.89. The van der Waals surface area contributed by atoms with Crippen LogP contribution in [0.5, 0.6) is 0 Å². The number of guanidine groups is 1. The molecule has 6 heteroatoms. The summed E-state index contributed by atoms with van der Waals surface area (Å²) < 4.78 is 1.85. The fraction of sp³-hybridized carbons (Fsp3) is 0.400. The highest BCUT2D eigenvalue weighted by atomic mass is 15.3. The molecule has 6 nitrogen and oxygen atoms in total. The maximum absolute atomic E-state index is 4.58. The van der Waals surface area contributed by atoms with Crippen LogP contribution in [-0.4, -0.2) is 27.3 Å². The molecule has 0 aliphatic heterocycles. The number of nitrogens with one attached hydrogen (secondary N) is 2. The Bertz CT molecular complexity index is 602. The fourth-order valence-electron chi connectivity index (χ4n) is 1.93. The Morgan fingerprint density at radius 3 is 2.81 bits per heavy atom. The zero-order valence-corrected chi connectivity index (χ0v) is 12.8. The van der Waals surface area contributed by atoms with Crippen LogP contribution >= 0.6 is 0 Å². The second-order valence-corrected chi connectivity index (χ2v) is 4.76. The van der Waals surface area contributed by atoms with Crippen molar-refractivity contribution in [3.8, 4) is 0 Å². The number of aromatic nitrogens is 3. The van der Waals surface area contributed by atoms with Crippen LogP contribution in [0.4, 0.5) is 0 Å². The Labute approximate surface area is 125 Å². The molecule has 0 bridgehead atoms. The van der Waals surface area contributed by atoms with Crippen LogP contribution < -0.4 is 10.6 Å². The van der Waals surface area contributed by atoms with Crippen LogP contribution in [-0.2, 0) is 20.1 Å². The maximum Gasteiger partial charge on any atom is 0.191 e. The SMILES string of the molecule is CCNC(=NCc1ncccc1C)NCc1ccnn1C. The van der Waals surface area contributed by atoms with Crippen molar-refractivity contribution < 1.29 is 0 Å². The van der Waals surface area contributed by atoms with Crippen molar-refractivity contribution in [1.82, 2.24) is 25.4 Å². The fourth-order valence-corrected chi connectivity index (χ4v) is 1.93. The number of hydrogen-bond donors (Lipinski definition) is 2. The summed E-state index contributed by atoms with van der Waals surface area (Å²) in [6, 6.07) is 5.97. The molecule has 0 aliphatic carbocycles. The minimum atomic E-state index is 0.563. The number of rotatable bonds is 5. The first-order valence-corrected chi connectivity index (χ1v) is 7.10. The molecule has 2 aromatic rings. The maximum atomic E-state index is 4.58. The second kappa shape index (κ2) is 7.42. The van der Waals surface area contributed by atoms with Crippen LogP contribution in [0.3, 0.4) is 0 Å². The van der Waals surface area contributed by atoms with E-state index in [0.717, 1.165) is 29.5 Å². The molecule has 2 heterocycles. The van der Waals surface area contributed by atoms with E-state index < -0.39 is 0 Å². The predicted octanol–water partition coefficient (Wildman–Crippen LogP) is 1.38. The molecule has 2 aromatic heterocycles. The van der Waals surface area contributed by atoms with Crippen molar-refractivity contribution in [3.63, 3.8) is 0 Å². The van der Waals surface area contributed by atoms with Gasteiger partial charge in [0.05, 0.1) is 24.5 Å². The van der Waals surface area contributed by atoms with E-state index in [-0.39, 0.29) is 0 Å². The van der Waals surface area contributed by atoms with Crippen LogP contribution in [0.15, 0.2) is 35.6 Å². The van der Waals surface area contributed by atoms with Crippen LogP contribution in [0.1, 0.15) is 23.9 Å². The molecule has 0 spiro atoms. The van der Waals surface area contributed by atoms with Crippen LogP contribution in [0.2, 0.25) is 0 Å². The molecule has 0 saturated carbocycles. The molecule has 0 aromatic carbocycles. The van der Waals surface area contributed by atoms with Gasteiger partial charge in [-0.15, -0.1) is 0 Å². The topological polar surface area (TPSA) is 67.1 Å². The van der Waals surface area contributed by atoms with Crippen LogP contribution in [0.25, 0.3) is 0 Å². The Kier molecular flexibility index (Phi) is 5.31. The lowest BCUT2D eigenvalue weighted by Gasteiger charge is -2.11. The van der Waals surface area contributed by atoms with Gasteiger partial charge in [-0.3, -0.25) is 9.67 Å². The number of pyridine rings is 1. The van der Waals surface area contributed by atoms with Gasteiger partial charge in [-0.1, -0.05) is 6.07 Å². The summed E-state index contributed by atoms with van der Waals surface area (Å²) in [5.41, 5.74) is 3.26. The van der Waals surface area contributed by atoms with E-state index in [2.05, 4.69) is 25.7 Å². The first kappa shape index (κ1) is 15.0. The quantitative estimate of drug-likeness (QED) is 0.644. The van der Waals surface area contributed by atoms with E-state index in [0.29, 0.717) is 13.1 Å². The monoisotopic (exact) mass is 286 g/mol. The third-order valence-electron chi connectivity index (χ3n) is 3.21. The Morgan fingerprint density at radius 1 is 1.29 bits per heavy atom. The van der Waals surface area contributed by atoms with E-state index in [9.17, 15) is 0 Å². The number of nitrogens with zero attached hydrogens (tertiary/aromatic N) is 4. The van der Waals surface area contributed by atoms with Gasteiger partial charge in [0.1, 0.15) is 0 Å². The van der Waals surface area contributed by atoms with Gasteiger partial charge >= 0.3 is 0 Å². The number of hydrogen-bond acceptors (Lipinski definition) is 3. The van der Waals surface area contributed by atoms with Gasteiger partial charge in [-0.2, -0.15) is 5.10 Å². The first-order chi connectivity index (χ1) is 10.2. The van der Waals surface area contributed by atoms with Gasteiger partial charge in [0.2, 0.25) is 0 Å². The third kappa shape index (κ3) is 4.30. The van der Waals surface area contributed by atoms with Crippen molar-refractivity contribution in [2.75, 3.05) is 6.54 Å². The smallest absolute Gasteiger partial charge is 0.191 e. The minimum absolute atomic E-state index is 0.563. The van der Waals surface area contributed by atoms with Crippen LogP contribution in [0, 0.1) is 6.92 Å². The Balaban J connectivity index is 1.99. The summed E-state index contributed by atoms with van der Waals surface area (Å²) in [5, 5.41) is 10.7. The molecule has 0 fully saturated rings. The molecule has 112 valence electrons. The largest absolute Gasteiger partial charge is 0.357 e. The average molecular weight is 286 g/mol. The Hall–Kier alpha value is -2.37. The highest BCUT2D eigenvalue weighted by molar-refractivity contribution is 5.79. The number of aryl methyl sites for hydroxylation is 2. The van der Waals surface area contributed by atoms with Crippen molar-refractivity contribution in [1.29, 1.82) is 0 Å². The molecule has 0 radical (unpaired) electrons. The summed E-state index contributed by atoms with van der Waals surface area (Å²) in [6.45, 7) is 6.16. The molecule has 21 heavy (non-hydrogen) atoms. The standard InChI is InChI=1S/C15H22N6/c1-4-16-15(18-10-13-7-9-20-21(13)3)19-11-14-12(2)6-5-8-17-14/h5-9H,4,10-11H2,1-3H3,(H2,16,18,19). The molecule has 2 N–H and O–H groups in total. The minimum Gasteiger partial charge on any atom is -0.357 e. The normalized spacial score (nSPS) is 11.5. The molecule has 0 aliphatic rings. The zero-order chi connectivity index (χ0) is 15.1. The van der Waals surface area contributed by atoms with Gasteiger partial charge in [0.15, 0.2) is 5.96 Å². The van der Waals surface area contributed by atoms with Gasteiger partial charge in [0, 0.05) is 26.0 Å². The number of aliphatic imine (C=N–C) groups is 1. The predicted molar refractivity (Wildman–Crippen MR) is 83.8 cm³/mol. The van der Waals surface area contributed by atoms with Gasteiger partial charge in [-0.25, -0.2) is 4.99 Å². The van der Waals surface area contributed by atoms with Gasteiger partial charge < -0.3 is 10.6 Å². The summed E-state index contributed by atoms with van der Waals surface area (Å²) in [4.78, 5) is 8.93. The van der Waals surface area contributed by atoms with Gasteiger partial charge in [0.25, 0.3) is 0 Å². The summed E-state index contributed by atoms with van der Waals surface area (Å²) in [6.07, 6.45) is 3.59. The lowest BCUT2D eigenvalue weighted by atomic mass is 10.2. The van der Waals surface area contributed by atoms with E-state index in [1.54, 1.807) is 12.4 Å². The first-order valence-electron chi connectivity index (χ1n) is 7.10. The summed E-state index contributed by atoms with van der Waals surface area (Å²) in [7, 11) is 1.93. The molecule has 0 amide bonds. The van der Waals surface area contributed by atoms with E-state index >= 15 is 0 Å². The van der Waals surface area contributed by atoms with Crippen molar-refractivity contribution in [2.45, 2.75) is 26.9 Å². The molecular formula is C15H22N6. The molecule has 2 rings (SSSR count). The van der Waals surface area contributed by atoms with E-state index in [1.807, 2.05) is 43.8 Å². The lowest BCUT2D eigenvalue weighted by Crippen LogP contribution is -2.37. The Morgan fingerprint density at radius 2 is 2.14 bits per heavy atom.